The SMILES string of the molecule is CCOC(=O)CC1CCCC12SCCCS2. The molecule has 2 fully saturated rings. The van der Waals surface area contributed by atoms with Crippen LogP contribution in [0.4, 0.5) is 0 Å². The highest BCUT2D eigenvalue weighted by atomic mass is 32.2. The second kappa shape index (κ2) is 5.67. The summed E-state index contributed by atoms with van der Waals surface area (Å²) in [5, 5.41) is 0. The first-order chi connectivity index (χ1) is 7.77. The Labute approximate surface area is 106 Å². The fourth-order valence-electron chi connectivity index (χ4n) is 2.67. The summed E-state index contributed by atoms with van der Waals surface area (Å²) in [5.74, 6) is 3.08. The number of hydrogen-bond donors (Lipinski definition) is 0. The molecule has 16 heavy (non-hydrogen) atoms. The molecule has 1 saturated carbocycles. The van der Waals surface area contributed by atoms with Gasteiger partial charge >= 0.3 is 5.97 Å². The first kappa shape index (κ1) is 12.6. The van der Waals surface area contributed by atoms with Crippen molar-refractivity contribution in [2.45, 2.75) is 43.1 Å². The zero-order valence-electron chi connectivity index (χ0n) is 9.87. The van der Waals surface area contributed by atoms with Gasteiger partial charge in [0.25, 0.3) is 0 Å². The number of rotatable bonds is 3. The van der Waals surface area contributed by atoms with Gasteiger partial charge in [-0.3, -0.25) is 4.79 Å². The largest absolute Gasteiger partial charge is 0.466 e. The van der Waals surface area contributed by atoms with Gasteiger partial charge in [-0.15, -0.1) is 23.5 Å². The predicted molar refractivity (Wildman–Crippen MR) is 70.9 cm³/mol. The van der Waals surface area contributed by atoms with Gasteiger partial charge in [-0.25, -0.2) is 0 Å². The molecule has 1 saturated heterocycles. The Morgan fingerprint density at radius 1 is 1.38 bits per heavy atom. The molecular formula is C12H20O2S2. The monoisotopic (exact) mass is 260 g/mol. The summed E-state index contributed by atoms with van der Waals surface area (Å²) in [5.41, 5.74) is 0. The molecule has 0 radical (unpaired) electrons. The molecule has 1 aliphatic carbocycles. The van der Waals surface area contributed by atoms with Crippen LogP contribution in [-0.2, 0) is 9.53 Å². The lowest BCUT2D eigenvalue weighted by molar-refractivity contribution is -0.144. The Bertz CT molecular complexity index is 249. The van der Waals surface area contributed by atoms with Crippen LogP contribution < -0.4 is 0 Å². The molecule has 1 aliphatic heterocycles. The standard InChI is InChI=1S/C12H20O2S2/c1-2-14-11(13)9-10-5-3-6-12(10)15-7-4-8-16-12/h10H,2-9H2,1H3. The number of hydrogen-bond acceptors (Lipinski definition) is 4. The van der Waals surface area contributed by atoms with Gasteiger partial charge in [0.05, 0.1) is 17.1 Å². The Kier molecular flexibility index (Phi) is 4.48. The molecule has 0 aromatic heterocycles. The van der Waals surface area contributed by atoms with Gasteiger partial charge in [0.1, 0.15) is 0 Å². The van der Waals surface area contributed by atoms with Gasteiger partial charge in [0, 0.05) is 0 Å². The van der Waals surface area contributed by atoms with Crippen molar-refractivity contribution < 1.29 is 9.53 Å². The van der Waals surface area contributed by atoms with Gasteiger partial charge in [0.15, 0.2) is 0 Å². The molecule has 2 rings (SSSR count). The van der Waals surface area contributed by atoms with Crippen LogP contribution in [0.25, 0.3) is 0 Å². The van der Waals surface area contributed by atoms with E-state index in [1.54, 1.807) is 0 Å². The maximum atomic E-state index is 11.6. The quantitative estimate of drug-likeness (QED) is 0.727. The third-order valence-electron chi connectivity index (χ3n) is 3.40. The third-order valence-corrected chi connectivity index (χ3v) is 7.14. The maximum Gasteiger partial charge on any atom is 0.306 e. The van der Waals surface area contributed by atoms with E-state index < -0.39 is 0 Å². The minimum Gasteiger partial charge on any atom is -0.466 e. The van der Waals surface area contributed by atoms with Gasteiger partial charge in [0.2, 0.25) is 0 Å². The highest BCUT2D eigenvalue weighted by Gasteiger charge is 2.45. The number of ether oxygens (including phenoxy) is 1. The molecule has 0 aromatic rings. The zero-order valence-corrected chi connectivity index (χ0v) is 11.5. The van der Waals surface area contributed by atoms with E-state index in [1.165, 1.54) is 37.2 Å². The normalized spacial score (nSPS) is 28.2. The Morgan fingerprint density at radius 2 is 2.12 bits per heavy atom. The van der Waals surface area contributed by atoms with E-state index in [1.807, 2.05) is 6.92 Å². The molecule has 4 heteroatoms. The summed E-state index contributed by atoms with van der Waals surface area (Å²) in [7, 11) is 0. The molecule has 0 amide bonds. The van der Waals surface area contributed by atoms with Crippen molar-refractivity contribution in [1.29, 1.82) is 0 Å². The van der Waals surface area contributed by atoms with E-state index in [-0.39, 0.29) is 5.97 Å². The van der Waals surface area contributed by atoms with Crippen molar-refractivity contribution in [3.05, 3.63) is 0 Å². The van der Waals surface area contributed by atoms with Gasteiger partial charge in [-0.05, 0) is 43.6 Å². The average Bonchev–Trinajstić information content (AvgIpc) is 2.63. The van der Waals surface area contributed by atoms with Crippen LogP contribution in [0.1, 0.15) is 39.0 Å². The molecule has 1 unspecified atom stereocenters. The van der Waals surface area contributed by atoms with Crippen LogP contribution in [0.15, 0.2) is 0 Å². The van der Waals surface area contributed by atoms with Crippen LogP contribution in [0.5, 0.6) is 0 Å². The van der Waals surface area contributed by atoms with E-state index in [2.05, 4.69) is 23.5 Å². The Hall–Kier alpha value is 0.170. The fourth-order valence-corrected chi connectivity index (χ4v) is 6.40. The zero-order chi connectivity index (χ0) is 11.4. The van der Waals surface area contributed by atoms with Gasteiger partial charge in [-0.2, -0.15) is 0 Å². The lowest BCUT2D eigenvalue weighted by Crippen LogP contribution is -2.31. The minimum atomic E-state index is 0.000508. The minimum absolute atomic E-state index is 0.000508. The summed E-state index contributed by atoms with van der Waals surface area (Å²) >= 11 is 4.19. The molecule has 1 atom stereocenters. The smallest absolute Gasteiger partial charge is 0.306 e. The number of thioether (sulfide) groups is 2. The van der Waals surface area contributed by atoms with Crippen LogP contribution in [0, 0.1) is 5.92 Å². The Morgan fingerprint density at radius 3 is 2.81 bits per heavy atom. The van der Waals surface area contributed by atoms with Gasteiger partial charge < -0.3 is 4.74 Å². The molecule has 2 aliphatic rings. The first-order valence-electron chi connectivity index (χ1n) is 6.20. The summed E-state index contributed by atoms with van der Waals surface area (Å²) < 4.78 is 5.43. The highest BCUT2D eigenvalue weighted by Crippen LogP contribution is 2.57. The van der Waals surface area contributed by atoms with Crippen molar-refractivity contribution >= 4 is 29.5 Å². The lowest BCUT2D eigenvalue weighted by Gasteiger charge is -2.37. The topological polar surface area (TPSA) is 26.3 Å². The highest BCUT2D eigenvalue weighted by molar-refractivity contribution is 8.18. The van der Waals surface area contributed by atoms with E-state index in [4.69, 9.17) is 4.74 Å². The Balaban J connectivity index is 1.94. The van der Waals surface area contributed by atoms with E-state index in [0.717, 1.165) is 0 Å². The molecule has 2 nitrogen and oxygen atoms in total. The fraction of sp³-hybridized carbons (Fsp3) is 0.917. The molecule has 92 valence electrons. The molecule has 0 bridgehead atoms. The van der Waals surface area contributed by atoms with E-state index >= 15 is 0 Å². The molecule has 0 N–H and O–H groups in total. The number of carbonyl (C=O) groups is 1. The predicted octanol–water partition coefficient (Wildman–Crippen LogP) is 3.31. The van der Waals surface area contributed by atoms with Crippen LogP contribution >= 0.6 is 23.5 Å². The van der Waals surface area contributed by atoms with Crippen molar-refractivity contribution in [3.63, 3.8) is 0 Å². The van der Waals surface area contributed by atoms with E-state index in [0.29, 0.717) is 23.0 Å². The molecule has 1 spiro atoms. The second-order valence-electron chi connectivity index (χ2n) is 4.46. The molecule has 0 aromatic carbocycles. The molecule has 1 heterocycles. The molecular weight excluding hydrogens is 240 g/mol. The first-order valence-corrected chi connectivity index (χ1v) is 8.17. The summed E-state index contributed by atoms with van der Waals surface area (Å²) in [6, 6.07) is 0. The summed E-state index contributed by atoms with van der Waals surface area (Å²) in [4.78, 5) is 11.6. The number of carbonyl (C=O) groups excluding carboxylic acids is 1. The van der Waals surface area contributed by atoms with Crippen molar-refractivity contribution in [1.82, 2.24) is 0 Å². The third kappa shape index (κ3) is 2.70. The van der Waals surface area contributed by atoms with E-state index in [9.17, 15) is 4.79 Å². The maximum absolute atomic E-state index is 11.6. The van der Waals surface area contributed by atoms with Crippen LogP contribution in [-0.4, -0.2) is 28.2 Å². The lowest BCUT2D eigenvalue weighted by atomic mass is 10.0. The van der Waals surface area contributed by atoms with Crippen LogP contribution in [0.2, 0.25) is 0 Å². The summed E-state index contributed by atoms with van der Waals surface area (Å²) in [6.45, 7) is 2.39. The number of esters is 1. The van der Waals surface area contributed by atoms with Crippen molar-refractivity contribution in [2.75, 3.05) is 18.1 Å². The summed E-state index contributed by atoms with van der Waals surface area (Å²) in [6.07, 6.45) is 5.73. The van der Waals surface area contributed by atoms with Crippen molar-refractivity contribution in [3.8, 4) is 0 Å². The van der Waals surface area contributed by atoms with Gasteiger partial charge in [-0.1, -0.05) is 6.42 Å². The van der Waals surface area contributed by atoms with Crippen LogP contribution in [0.3, 0.4) is 0 Å². The second-order valence-corrected chi connectivity index (χ2v) is 7.57. The van der Waals surface area contributed by atoms with Crippen molar-refractivity contribution in [2.24, 2.45) is 5.92 Å². The average molecular weight is 260 g/mol.